The predicted octanol–water partition coefficient (Wildman–Crippen LogP) is 4.31. The summed E-state index contributed by atoms with van der Waals surface area (Å²) in [5.41, 5.74) is 3.33. The van der Waals surface area contributed by atoms with Crippen LogP contribution in [0.4, 0.5) is 25.1 Å². The number of carbonyl (C=O) groups is 3. The number of nitrogen functional groups attached to an aromatic ring is 1. The van der Waals surface area contributed by atoms with E-state index in [1.165, 1.54) is 50.9 Å². The quantitative estimate of drug-likeness (QED) is 0.275. The van der Waals surface area contributed by atoms with E-state index in [0.29, 0.717) is 0 Å². The number of rotatable bonds is 6. The van der Waals surface area contributed by atoms with Gasteiger partial charge in [0.05, 0.1) is 5.69 Å². The lowest BCUT2D eigenvalue weighted by Crippen LogP contribution is -2.51. The largest absolute Gasteiger partial charge is 0.453 e. The number of pyridine rings is 1. The Balaban J connectivity index is 1.31. The minimum absolute atomic E-state index is 0.000479. The molecule has 0 radical (unpaired) electrons. The molecule has 5 rings (SSSR count). The third kappa shape index (κ3) is 8.87. The lowest BCUT2D eigenvalue weighted by atomic mass is 10.2. The van der Waals surface area contributed by atoms with Gasteiger partial charge in [0.15, 0.2) is 11.6 Å². The Morgan fingerprint density at radius 3 is 2.23 bits per heavy atom. The van der Waals surface area contributed by atoms with E-state index in [1.807, 2.05) is 0 Å². The highest BCUT2D eigenvalue weighted by Crippen LogP contribution is 2.30. The Labute approximate surface area is 302 Å². The zero-order valence-electron chi connectivity index (χ0n) is 29.6. The van der Waals surface area contributed by atoms with Crippen LogP contribution in [-0.4, -0.2) is 73.6 Å². The van der Waals surface area contributed by atoms with Gasteiger partial charge in [0, 0.05) is 68.4 Å². The molecule has 14 nitrogen and oxygen atoms in total. The van der Waals surface area contributed by atoms with Crippen LogP contribution in [0.5, 0.6) is 11.5 Å². The molecule has 1 saturated heterocycles. The summed E-state index contributed by atoms with van der Waals surface area (Å²) >= 11 is 0. The monoisotopic (exact) mass is 729 g/mol. The van der Waals surface area contributed by atoms with E-state index in [9.17, 15) is 28.4 Å². The van der Waals surface area contributed by atoms with Crippen LogP contribution in [0.1, 0.15) is 56.6 Å². The smallest absolute Gasteiger partial charge is 0.410 e. The molecule has 1 fully saturated rings. The van der Waals surface area contributed by atoms with Crippen LogP contribution in [0.25, 0.3) is 5.69 Å². The number of carbonyl (C=O) groups excluding carboxylic acids is 3. The van der Waals surface area contributed by atoms with E-state index in [-0.39, 0.29) is 60.4 Å². The van der Waals surface area contributed by atoms with Crippen molar-refractivity contribution in [3.8, 4) is 29.0 Å². The topological polar surface area (TPSA) is 171 Å². The van der Waals surface area contributed by atoms with E-state index in [1.54, 1.807) is 34.6 Å². The summed E-state index contributed by atoms with van der Waals surface area (Å²) in [4.78, 5) is 72.0. The number of nitrogens with two attached hydrogens (primary N) is 1. The summed E-state index contributed by atoms with van der Waals surface area (Å²) < 4.78 is 42.0. The fraction of sp³-hybridized carbons (Fsp3) is 0.297. The summed E-state index contributed by atoms with van der Waals surface area (Å²) in [6.07, 6.45) is 1.96. The zero-order chi connectivity index (χ0) is 38.6. The van der Waals surface area contributed by atoms with Crippen LogP contribution in [0.3, 0.4) is 0 Å². The highest BCUT2D eigenvalue weighted by atomic mass is 19.1. The number of piperazine rings is 1. The van der Waals surface area contributed by atoms with Crippen LogP contribution in [0, 0.1) is 23.5 Å². The van der Waals surface area contributed by atoms with Gasteiger partial charge in [-0.15, -0.1) is 0 Å². The molecule has 4 aromatic rings. The number of benzene rings is 2. The molecule has 276 valence electrons. The van der Waals surface area contributed by atoms with Gasteiger partial charge in [-0.2, -0.15) is 0 Å². The summed E-state index contributed by atoms with van der Waals surface area (Å²) in [6.45, 7) is 9.66. The molecule has 53 heavy (non-hydrogen) atoms. The lowest BCUT2D eigenvalue weighted by Gasteiger charge is -2.34. The van der Waals surface area contributed by atoms with Crippen molar-refractivity contribution in [2.75, 3.05) is 37.2 Å². The normalized spacial score (nSPS) is 12.9. The predicted molar refractivity (Wildman–Crippen MR) is 191 cm³/mol. The first-order valence-corrected chi connectivity index (χ1v) is 16.5. The van der Waals surface area contributed by atoms with Crippen molar-refractivity contribution in [2.45, 2.75) is 46.3 Å². The minimum Gasteiger partial charge on any atom is -0.453 e. The number of nitrogens with zero attached hydrogens (tertiary/aromatic N) is 5. The molecule has 2 aromatic heterocycles. The molecule has 0 saturated carbocycles. The van der Waals surface area contributed by atoms with Gasteiger partial charge in [0.25, 0.3) is 17.4 Å². The fourth-order valence-electron chi connectivity index (χ4n) is 5.18. The first-order valence-electron chi connectivity index (χ1n) is 16.5. The number of ether oxygens (including phenoxy) is 2. The van der Waals surface area contributed by atoms with E-state index < -0.39 is 58.0 Å². The third-order valence-electron chi connectivity index (χ3n) is 7.86. The maximum atomic E-state index is 15.4. The Hall–Kier alpha value is -6.50. The van der Waals surface area contributed by atoms with Crippen LogP contribution in [-0.2, 0) is 9.53 Å². The molecular formula is C37H37F2N7O7. The Kier molecular flexibility index (Phi) is 11.0. The number of aromatic nitrogens is 3. The number of amides is 3. The van der Waals surface area contributed by atoms with E-state index >= 15 is 4.39 Å². The Morgan fingerprint density at radius 2 is 1.60 bits per heavy atom. The fourth-order valence-corrected chi connectivity index (χ4v) is 5.18. The summed E-state index contributed by atoms with van der Waals surface area (Å²) in [7, 11) is 0. The van der Waals surface area contributed by atoms with Gasteiger partial charge in [0.2, 0.25) is 0 Å². The van der Waals surface area contributed by atoms with Gasteiger partial charge in [0.1, 0.15) is 34.1 Å². The number of hydrogen-bond donors (Lipinski definition) is 2. The molecule has 16 heteroatoms. The molecule has 0 bridgehead atoms. The highest BCUT2D eigenvalue weighted by Gasteiger charge is 2.27. The molecule has 3 N–H and O–H groups in total. The van der Waals surface area contributed by atoms with Gasteiger partial charge in [-0.1, -0.05) is 0 Å². The third-order valence-corrected chi connectivity index (χ3v) is 7.86. The van der Waals surface area contributed by atoms with Crippen molar-refractivity contribution in [1.82, 2.24) is 23.9 Å². The van der Waals surface area contributed by atoms with Gasteiger partial charge in [-0.05, 0) is 76.9 Å². The Morgan fingerprint density at radius 1 is 0.943 bits per heavy atom. The molecular weight excluding hydrogens is 692 g/mol. The minimum atomic E-state index is -0.957. The van der Waals surface area contributed by atoms with Gasteiger partial charge in [-0.3, -0.25) is 19.0 Å². The SMILES string of the molecule is CC(C)n1cc(C(=O)Nc2ccc(Oc3ccnc(N)c3C#CC(=O)N3CCN(C(=O)OC(C)(C)C)CC3)c(F)c2)c(=O)n(-c2ccc(F)cc2)c1=O. The summed E-state index contributed by atoms with van der Waals surface area (Å²) in [5, 5.41) is 2.46. The standard InChI is InChI=1S/C37H37F2N7O7/c1-22(2)45-21-27(34(49)46(35(45)50)25-9-6-23(38)7-10-25)33(48)42-24-8-12-30(28(39)20-24)52-29-14-15-41-32(40)26(29)11-13-31(47)43-16-18-44(19-17-43)36(51)53-37(3,4)5/h6-10,12,14-15,20-22H,16-19H2,1-5H3,(H2,40,41)(H,42,48). The van der Waals surface area contributed by atoms with Crippen molar-refractivity contribution < 1.29 is 32.6 Å². The first kappa shape index (κ1) is 37.7. The van der Waals surface area contributed by atoms with Gasteiger partial charge >= 0.3 is 11.8 Å². The summed E-state index contributed by atoms with van der Waals surface area (Å²) in [6, 6.07) is 9.07. The number of halogens is 2. The van der Waals surface area contributed by atoms with E-state index in [2.05, 4.69) is 22.1 Å². The molecule has 0 spiro atoms. The van der Waals surface area contributed by atoms with E-state index in [4.69, 9.17) is 15.2 Å². The number of nitrogens with one attached hydrogen (secondary N) is 1. The second-order valence-corrected chi connectivity index (χ2v) is 13.2. The number of anilines is 2. The number of hydrogen-bond acceptors (Lipinski definition) is 9. The molecule has 0 atom stereocenters. The second-order valence-electron chi connectivity index (χ2n) is 13.2. The molecule has 1 aliphatic heterocycles. The zero-order valence-corrected chi connectivity index (χ0v) is 29.6. The molecule has 3 amide bonds. The van der Waals surface area contributed by atoms with E-state index in [0.717, 1.165) is 29.0 Å². The average molecular weight is 730 g/mol. The lowest BCUT2D eigenvalue weighted by molar-refractivity contribution is -0.126. The van der Waals surface area contributed by atoms with Gasteiger partial charge < -0.3 is 30.3 Å². The van der Waals surface area contributed by atoms with Crippen molar-refractivity contribution in [1.29, 1.82) is 0 Å². The molecule has 2 aromatic carbocycles. The molecule has 0 aliphatic carbocycles. The van der Waals surface area contributed by atoms with Crippen molar-refractivity contribution in [3.63, 3.8) is 0 Å². The molecule has 3 heterocycles. The van der Waals surface area contributed by atoms with Gasteiger partial charge in [-0.25, -0.2) is 27.9 Å². The summed E-state index contributed by atoms with van der Waals surface area (Å²) in [5.74, 6) is 1.88. The van der Waals surface area contributed by atoms with Crippen LogP contribution in [0.2, 0.25) is 0 Å². The molecule has 0 unspecified atom stereocenters. The second kappa shape index (κ2) is 15.4. The van der Waals surface area contributed by atoms with Crippen molar-refractivity contribution in [2.24, 2.45) is 0 Å². The maximum Gasteiger partial charge on any atom is 0.410 e. The first-order chi connectivity index (χ1) is 25.0. The highest BCUT2D eigenvalue weighted by molar-refractivity contribution is 6.04. The van der Waals surface area contributed by atoms with Crippen LogP contribution >= 0.6 is 0 Å². The average Bonchev–Trinajstić information content (AvgIpc) is 3.09. The van der Waals surface area contributed by atoms with Crippen molar-refractivity contribution >= 4 is 29.4 Å². The Bertz CT molecular complexity index is 2240. The molecule has 1 aliphatic rings. The van der Waals surface area contributed by atoms with Crippen LogP contribution in [0.15, 0.2) is 70.5 Å². The maximum absolute atomic E-state index is 15.4. The van der Waals surface area contributed by atoms with Crippen LogP contribution < -0.4 is 27.0 Å². The van der Waals surface area contributed by atoms with Crippen molar-refractivity contribution in [3.05, 3.63) is 105 Å².